The number of carboxylic acid groups (broad SMARTS) is 1. The van der Waals surface area contributed by atoms with Gasteiger partial charge in [0.2, 0.25) is 0 Å². The van der Waals surface area contributed by atoms with Gasteiger partial charge in [-0.15, -0.1) is 0 Å². The number of aliphatic carboxylic acids is 1. The van der Waals surface area contributed by atoms with Crippen molar-refractivity contribution in [3.63, 3.8) is 0 Å². The lowest BCUT2D eigenvalue weighted by Crippen LogP contribution is -2.07. The molecule has 0 aliphatic heterocycles. The highest BCUT2D eigenvalue weighted by Crippen LogP contribution is 2.39. The molecule has 0 atom stereocenters. The lowest BCUT2D eigenvalue weighted by atomic mass is 9.92. The highest BCUT2D eigenvalue weighted by atomic mass is 35.5. The molecule has 0 aliphatic rings. The predicted molar refractivity (Wildman–Crippen MR) is 155 cm³/mol. The molecule has 4 aromatic carbocycles. The Morgan fingerprint density at radius 3 is 2.31 bits per heavy atom. The molecule has 0 amide bonds. The molecule has 214 valence electrons. The molecule has 42 heavy (non-hydrogen) atoms. The maximum Gasteiger partial charge on any atom is 0.418 e. The van der Waals surface area contributed by atoms with Gasteiger partial charge in [0.25, 0.3) is 0 Å². The Balaban J connectivity index is 1.48. The van der Waals surface area contributed by atoms with Gasteiger partial charge in [0.1, 0.15) is 19.0 Å². The first-order valence-electron chi connectivity index (χ1n) is 13.0. The molecule has 1 aromatic heterocycles. The number of halogens is 4. The number of hydrogen-bond donors (Lipinski definition) is 1. The van der Waals surface area contributed by atoms with Gasteiger partial charge in [-0.1, -0.05) is 72.3 Å². The number of aromatic nitrogens is 1. The second-order valence-corrected chi connectivity index (χ2v) is 10.1. The van der Waals surface area contributed by atoms with Crippen LogP contribution in [0.15, 0.2) is 97.2 Å². The van der Waals surface area contributed by atoms with Crippen molar-refractivity contribution in [1.82, 2.24) is 4.98 Å². The average molecular weight is 592 g/mol. The van der Waals surface area contributed by atoms with Gasteiger partial charge in [0.15, 0.2) is 0 Å². The number of rotatable bonds is 10. The maximum absolute atomic E-state index is 13.9. The summed E-state index contributed by atoms with van der Waals surface area (Å²) in [5.41, 5.74) is 3.78. The summed E-state index contributed by atoms with van der Waals surface area (Å²) in [6.07, 6.45) is -2.61. The minimum Gasteiger partial charge on any atom is -0.489 e. The van der Waals surface area contributed by atoms with E-state index in [1.54, 1.807) is 36.4 Å². The van der Waals surface area contributed by atoms with Crippen molar-refractivity contribution < 1.29 is 32.5 Å². The minimum absolute atomic E-state index is 0.117. The first-order valence-corrected chi connectivity index (χ1v) is 13.4. The van der Waals surface area contributed by atoms with Crippen LogP contribution in [0.1, 0.15) is 27.8 Å². The van der Waals surface area contributed by atoms with Crippen LogP contribution in [0, 0.1) is 0 Å². The summed E-state index contributed by atoms with van der Waals surface area (Å²) in [6.45, 7) is -0.00803. The van der Waals surface area contributed by atoms with Crippen LogP contribution in [0.2, 0.25) is 5.02 Å². The van der Waals surface area contributed by atoms with Crippen molar-refractivity contribution in [2.45, 2.75) is 25.8 Å². The third kappa shape index (κ3) is 7.08. The highest BCUT2D eigenvalue weighted by Gasteiger charge is 2.33. The van der Waals surface area contributed by atoms with Gasteiger partial charge in [-0.3, -0.25) is 4.98 Å². The summed E-state index contributed by atoms with van der Waals surface area (Å²) in [6, 6.07) is 26.0. The van der Waals surface area contributed by atoms with Crippen molar-refractivity contribution in [2.75, 3.05) is 6.61 Å². The molecule has 0 spiro atoms. The van der Waals surface area contributed by atoms with E-state index < -0.39 is 17.7 Å². The van der Waals surface area contributed by atoms with Crippen LogP contribution in [0.3, 0.4) is 0 Å². The number of alkyl halides is 3. The van der Waals surface area contributed by atoms with E-state index in [-0.39, 0.29) is 25.3 Å². The Morgan fingerprint density at radius 2 is 1.57 bits per heavy atom. The molecule has 1 N–H and O–H groups in total. The summed E-state index contributed by atoms with van der Waals surface area (Å²) in [7, 11) is 0. The van der Waals surface area contributed by atoms with Crippen molar-refractivity contribution in [3.8, 4) is 16.9 Å². The number of hydrogen-bond acceptors (Lipinski definition) is 4. The predicted octanol–water partition coefficient (Wildman–Crippen LogP) is 8.35. The van der Waals surface area contributed by atoms with E-state index in [1.807, 2.05) is 42.5 Å². The van der Waals surface area contributed by atoms with E-state index in [0.29, 0.717) is 33.7 Å². The molecule has 0 radical (unpaired) electrons. The Morgan fingerprint density at radius 1 is 0.857 bits per heavy atom. The Hall–Kier alpha value is -4.40. The molecule has 0 unspecified atom stereocenters. The number of ether oxygens (including phenoxy) is 2. The monoisotopic (exact) mass is 591 g/mol. The fourth-order valence-corrected chi connectivity index (χ4v) is 4.89. The quantitative estimate of drug-likeness (QED) is 0.177. The number of para-hydroxylation sites is 1. The number of carbonyl (C=O) groups is 1. The van der Waals surface area contributed by atoms with Crippen LogP contribution in [0.5, 0.6) is 5.75 Å². The van der Waals surface area contributed by atoms with Crippen LogP contribution in [0.25, 0.3) is 22.0 Å². The van der Waals surface area contributed by atoms with Crippen molar-refractivity contribution in [3.05, 3.63) is 130 Å². The Bertz CT molecular complexity index is 1720. The lowest BCUT2D eigenvalue weighted by molar-refractivity contribution is -0.142. The second kappa shape index (κ2) is 12.6. The maximum atomic E-state index is 13.9. The van der Waals surface area contributed by atoms with Gasteiger partial charge in [-0.25, -0.2) is 4.79 Å². The van der Waals surface area contributed by atoms with Crippen LogP contribution in [-0.2, 0) is 35.3 Å². The van der Waals surface area contributed by atoms with Crippen molar-refractivity contribution >= 4 is 28.5 Å². The molecule has 5 rings (SSSR count). The zero-order chi connectivity index (χ0) is 29.7. The topological polar surface area (TPSA) is 68.7 Å². The highest BCUT2D eigenvalue weighted by molar-refractivity contribution is 6.30. The Kier molecular flexibility index (Phi) is 8.75. The van der Waals surface area contributed by atoms with E-state index in [0.717, 1.165) is 28.3 Å². The molecular formula is C33H25ClF3NO4. The smallest absolute Gasteiger partial charge is 0.418 e. The van der Waals surface area contributed by atoms with Gasteiger partial charge in [0.05, 0.1) is 17.7 Å². The molecule has 0 saturated carbocycles. The van der Waals surface area contributed by atoms with Gasteiger partial charge >= 0.3 is 12.1 Å². The summed E-state index contributed by atoms with van der Waals surface area (Å²) < 4.78 is 52.9. The van der Waals surface area contributed by atoms with Crippen LogP contribution < -0.4 is 4.74 Å². The van der Waals surface area contributed by atoms with Gasteiger partial charge in [-0.05, 0) is 70.1 Å². The molecule has 0 aliphatic carbocycles. The molecular weight excluding hydrogens is 567 g/mol. The molecule has 5 aromatic rings. The standard InChI is InChI=1S/C33H25ClF3NO4/c34-26-12-10-21(11-13-26)15-25-17-38-32-28(8-3-9-29(32)33(35,36)37)31(25)24-6-2-7-27(16-24)42-19-23-5-1-4-22(14-23)18-41-20-30(39)40/h1-14,16-17H,15,18-20H2,(H,39,40). The molecule has 0 bridgehead atoms. The number of pyridine rings is 1. The summed E-state index contributed by atoms with van der Waals surface area (Å²) in [5, 5.41) is 9.75. The van der Waals surface area contributed by atoms with E-state index >= 15 is 0 Å². The molecule has 1 heterocycles. The first-order chi connectivity index (χ1) is 20.2. The first kappa shape index (κ1) is 29.1. The molecule has 9 heteroatoms. The largest absolute Gasteiger partial charge is 0.489 e. The van der Waals surface area contributed by atoms with Crippen molar-refractivity contribution in [1.29, 1.82) is 0 Å². The van der Waals surface area contributed by atoms with E-state index in [2.05, 4.69) is 4.98 Å². The van der Waals surface area contributed by atoms with Crippen LogP contribution in [0.4, 0.5) is 13.2 Å². The summed E-state index contributed by atoms with van der Waals surface area (Å²) in [5.74, 6) is -0.503. The number of fused-ring (bicyclic) bond motifs is 1. The van der Waals surface area contributed by atoms with Gasteiger partial charge in [-0.2, -0.15) is 13.2 Å². The van der Waals surface area contributed by atoms with Crippen LogP contribution >= 0.6 is 11.6 Å². The third-order valence-electron chi connectivity index (χ3n) is 6.60. The van der Waals surface area contributed by atoms with E-state index in [9.17, 15) is 18.0 Å². The molecule has 0 fully saturated rings. The van der Waals surface area contributed by atoms with Crippen LogP contribution in [-0.4, -0.2) is 22.7 Å². The lowest BCUT2D eigenvalue weighted by Gasteiger charge is -2.17. The fraction of sp³-hybridized carbons (Fsp3) is 0.152. The zero-order valence-corrected chi connectivity index (χ0v) is 23.0. The fourth-order valence-electron chi connectivity index (χ4n) is 4.76. The summed E-state index contributed by atoms with van der Waals surface area (Å²) >= 11 is 6.05. The molecule has 0 saturated heterocycles. The molecule has 5 nitrogen and oxygen atoms in total. The van der Waals surface area contributed by atoms with Gasteiger partial charge in [0, 0.05) is 16.6 Å². The minimum atomic E-state index is -4.56. The Labute approximate surface area is 245 Å². The number of nitrogens with zero attached hydrogens (tertiary/aromatic N) is 1. The average Bonchev–Trinajstić information content (AvgIpc) is 2.96. The van der Waals surface area contributed by atoms with Crippen molar-refractivity contribution in [2.24, 2.45) is 0 Å². The number of benzene rings is 4. The SMILES string of the molecule is O=C(O)COCc1cccc(COc2cccc(-c3c(Cc4ccc(Cl)cc4)cnc4c(C(F)(F)F)cccc34)c2)c1. The normalized spacial score (nSPS) is 11.5. The second-order valence-electron chi connectivity index (χ2n) is 9.68. The van der Waals surface area contributed by atoms with E-state index in [1.165, 1.54) is 12.3 Å². The van der Waals surface area contributed by atoms with E-state index in [4.69, 9.17) is 26.2 Å². The zero-order valence-electron chi connectivity index (χ0n) is 22.2. The number of carboxylic acids is 1. The third-order valence-corrected chi connectivity index (χ3v) is 6.86. The summed E-state index contributed by atoms with van der Waals surface area (Å²) in [4.78, 5) is 15.0. The van der Waals surface area contributed by atoms with Gasteiger partial charge < -0.3 is 14.6 Å².